The van der Waals surface area contributed by atoms with Gasteiger partial charge in [0.15, 0.2) is 0 Å². The van der Waals surface area contributed by atoms with Crippen molar-refractivity contribution in [2.45, 2.75) is 13.8 Å². The summed E-state index contributed by atoms with van der Waals surface area (Å²) in [6, 6.07) is 12.3. The fourth-order valence-corrected chi connectivity index (χ4v) is 1.52. The second kappa shape index (κ2) is 3.62. The summed E-state index contributed by atoms with van der Waals surface area (Å²) in [5, 5.41) is 0. The highest BCUT2D eigenvalue weighted by Gasteiger charge is 2.03. The summed E-state index contributed by atoms with van der Waals surface area (Å²) >= 11 is 0. The average molecular weight is 183 g/mol. The van der Waals surface area contributed by atoms with Gasteiger partial charge in [-0.2, -0.15) is 0 Å². The predicted octanol–water partition coefficient (Wildman–Crippen LogP) is 3.37. The Kier molecular flexibility index (Phi) is 2.32. The van der Waals surface area contributed by atoms with Crippen molar-refractivity contribution >= 4 is 0 Å². The van der Waals surface area contributed by atoms with Crippen molar-refractivity contribution in [3.63, 3.8) is 0 Å². The molecule has 0 saturated heterocycles. The van der Waals surface area contributed by atoms with Crippen molar-refractivity contribution in [2.24, 2.45) is 0 Å². The predicted molar refractivity (Wildman–Crippen MR) is 59.1 cm³/mol. The fourth-order valence-electron chi connectivity index (χ4n) is 1.52. The maximum absolute atomic E-state index is 4.41. The highest BCUT2D eigenvalue weighted by Crippen LogP contribution is 2.21. The Bertz CT molecular complexity index is 432. The molecule has 0 unspecified atom stereocenters. The molecule has 1 nitrogen and oxygen atoms in total. The lowest BCUT2D eigenvalue weighted by Gasteiger charge is -2.06. The molecule has 0 radical (unpaired) electrons. The second-order valence-electron chi connectivity index (χ2n) is 3.47. The summed E-state index contributed by atoms with van der Waals surface area (Å²) < 4.78 is 0. The summed E-state index contributed by atoms with van der Waals surface area (Å²) in [5.74, 6) is 0. The molecule has 1 heteroatoms. The molecule has 1 heterocycles. The minimum absolute atomic E-state index is 1.09. The number of benzene rings is 1. The summed E-state index contributed by atoms with van der Waals surface area (Å²) in [6.07, 6.45) is 1.87. The zero-order valence-electron chi connectivity index (χ0n) is 8.49. The van der Waals surface area contributed by atoms with Crippen LogP contribution in [0.15, 0.2) is 42.6 Å². The number of pyridine rings is 1. The monoisotopic (exact) mass is 183 g/mol. The lowest BCUT2D eigenvalue weighted by molar-refractivity contribution is 1.22. The molecule has 2 aromatic rings. The molecule has 0 fully saturated rings. The van der Waals surface area contributed by atoms with E-state index in [0.717, 1.165) is 5.69 Å². The van der Waals surface area contributed by atoms with Crippen LogP contribution in [0, 0.1) is 13.8 Å². The Morgan fingerprint density at radius 3 is 2.36 bits per heavy atom. The lowest BCUT2D eigenvalue weighted by Crippen LogP contribution is -1.90. The van der Waals surface area contributed by atoms with Crippen LogP contribution in [0.5, 0.6) is 0 Å². The van der Waals surface area contributed by atoms with Crippen molar-refractivity contribution in [2.75, 3.05) is 0 Å². The van der Waals surface area contributed by atoms with Crippen molar-refractivity contribution in [1.29, 1.82) is 0 Å². The largest absolute Gasteiger partial charge is 0.256 e. The van der Waals surface area contributed by atoms with Crippen molar-refractivity contribution in [3.05, 3.63) is 53.7 Å². The first-order chi connectivity index (χ1) is 6.79. The van der Waals surface area contributed by atoms with E-state index in [1.54, 1.807) is 0 Å². The van der Waals surface area contributed by atoms with E-state index in [4.69, 9.17) is 0 Å². The van der Waals surface area contributed by atoms with Gasteiger partial charge in [0.05, 0.1) is 5.69 Å². The van der Waals surface area contributed by atoms with Crippen LogP contribution in [0.2, 0.25) is 0 Å². The van der Waals surface area contributed by atoms with E-state index < -0.39 is 0 Å². The topological polar surface area (TPSA) is 12.9 Å². The third kappa shape index (κ3) is 1.53. The highest BCUT2D eigenvalue weighted by atomic mass is 14.7. The number of aromatic nitrogens is 1. The Balaban J connectivity index is 2.58. The van der Waals surface area contributed by atoms with Gasteiger partial charge in [-0.25, -0.2) is 0 Å². The minimum Gasteiger partial charge on any atom is -0.256 e. The van der Waals surface area contributed by atoms with Gasteiger partial charge >= 0.3 is 0 Å². The van der Waals surface area contributed by atoms with Gasteiger partial charge in [-0.15, -0.1) is 0 Å². The quantitative estimate of drug-likeness (QED) is 0.660. The summed E-state index contributed by atoms with van der Waals surface area (Å²) in [6.45, 7) is 4.23. The van der Waals surface area contributed by atoms with E-state index in [0.29, 0.717) is 0 Å². The third-order valence-electron chi connectivity index (χ3n) is 2.52. The Morgan fingerprint density at radius 2 is 1.64 bits per heavy atom. The summed E-state index contributed by atoms with van der Waals surface area (Å²) in [7, 11) is 0. The Morgan fingerprint density at radius 1 is 0.929 bits per heavy atom. The van der Waals surface area contributed by atoms with Crippen molar-refractivity contribution in [1.82, 2.24) is 4.98 Å². The van der Waals surface area contributed by atoms with Gasteiger partial charge in [-0.3, -0.25) is 4.98 Å². The van der Waals surface area contributed by atoms with Crippen molar-refractivity contribution in [3.8, 4) is 11.3 Å². The van der Waals surface area contributed by atoms with Gasteiger partial charge in [-0.05, 0) is 31.0 Å². The van der Waals surface area contributed by atoms with Crippen LogP contribution in [0.4, 0.5) is 0 Å². The molecule has 0 aliphatic carbocycles. The number of aryl methyl sites for hydroxylation is 1. The molecule has 2 rings (SSSR count). The third-order valence-corrected chi connectivity index (χ3v) is 2.52. The van der Waals surface area contributed by atoms with Gasteiger partial charge in [-0.1, -0.05) is 30.3 Å². The first-order valence-electron chi connectivity index (χ1n) is 4.76. The maximum atomic E-state index is 4.41. The Labute approximate surface area is 84.4 Å². The SMILES string of the molecule is Cc1ccnc(-c2ccccc2)c1C. The molecule has 0 bridgehead atoms. The standard InChI is InChI=1S/C13H13N/c1-10-8-9-14-13(11(10)2)12-6-4-3-5-7-12/h3-9H,1-2H3. The lowest BCUT2D eigenvalue weighted by atomic mass is 10.0. The zero-order valence-corrected chi connectivity index (χ0v) is 8.49. The Hall–Kier alpha value is -1.63. The molecular formula is C13H13N. The normalized spacial score (nSPS) is 10.1. The number of hydrogen-bond acceptors (Lipinski definition) is 1. The van der Waals surface area contributed by atoms with Crippen LogP contribution in [0.3, 0.4) is 0 Å². The minimum atomic E-state index is 1.09. The number of rotatable bonds is 1. The van der Waals surface area contributed by atoms with E-state index >= 15 is 0 Å². The molecule has 0 aliphatic rings. The van der Waals surface area contributed by atoms with Crippen LogP contribution in [0.1, 0.15) is 11.1 Å². The molecule has 0 atom stereocenters. The van der Waals surface area contributed by atoms with Crippen LogP contribution >= 0.6 is 0 Å². The van der Waals surface area contributed by atoms with Gasteiger partial charge in [0, 0.05) is 11.8 Å². The molecule has 1 aromatic heterocycles. The fraction of sp³-hybridized carbons (Fsp3) is 0.154. The van der Waals surface area contributed by atoms with E-state index in [-0.39, 0.29) is 0 Å². The molecule has 0 N–H and O–H groups in total. The molecule has 0 amide bonds. The number of nitrogens with zero attached hydrogens (tertiary/aromatic N) is 1. The van der Waals surface area contributed by atoms with Gasteiger partial charge in [0.25, 0.3) is 0 Å². The summed E-state index contributed by atoms with van der Waals surface area (Å²) in [4.78, 5) is 4.41. The van der Waals surface area contributed by atoms with Crippen LogP contribution in [0.25, 0.3) is 11.3 Å². The summed E-state index contributed by atoms with van der Waals surface area (Å²) in [5.41, 5.74) is 4.83. The van der Waals surface area contributed by atoms with E-state index in [1.807, 2.05) is 30.5 Å². The van der Waals surface area contributed by atoms with Crippen LogP contribution in [-0.2, 0) is 0 Å². The molecule has 70 valence electrons. The van der Waals surface area contributed by atoms with Gasteiger partial charge < -0.3 is 0 Å². The van der Waals surface area contributed by atoms with Gasteiger partial charge in [0.1, 0.15) is 0 Å². The maximum Gasteiger partial charge on any atom is 0.0733 e. The van der Waals surface area contributed by atoms with E-state index in [1.165, 1.54) is 16.7 Å². The first kappa shape index (κ1) is 8.95. The van der Waals surface area contributed by atoms with E-state index in [9.17, 15) is 0 Å². The number of hydrogen-bond donors (Lipinski definition) is 0. The van der Waals surface area contributed by atoms with Gasteiger partial charge in [0.2, 0.25) is 0 Å². The van der Waals surface area contributed by atoms with E-state index in [2.05, 4.69) is 31.0 Å². The smallest absolute Gasteiger partial charge is 0.0733 e. The molecule has 1 aromatic carbocycles. The molecule has 14 heavy (non-hydrogen) atoms. The first-order valence-corrected chi connectivity index (χ1v) is 4.76. The zero-order chi connectivity index (χ0) is 9.97. The second-order valence-corrected chi connectivity index (χ2v) is 3.47. The van der Waals surface area contributed by atoms with Crippen LogP contribution < -0.4 is 0 Å². The van der Waals surface area contributed by atoms with Crippen molar-refractivity contribution < 1.29 is 0 Å². The molecule has 0 aliphatic heterocycles. The molecule has 0 spiro atoms. The molecule has 0 saturated carbocycles. The highest BCUT2D eigenvalue weighted by molar-refractivity contribution is 5.63. The van der Waals surface area contributed by atoms with Crippen LogP contribution in [-0.4, -0.2) is 4.98 Å². The molecular weight excluding hydrogens is 170 g/mol. The average Bonchev–Trinajstić information content (AvgIpc) is 2.23.